The van der Waals surface area contributed by atoms with Gasteiger partial charge in [-0.25, -0.2) is 9.59 Å². The van der Waals surface area contributed by atoms with Crippen molar-refractivity contribution < 1.29 is 101 Å². The van der Waals surface area contributed by atoms with Crippen LogP contribution in [0.4, 0.5) is 0 Å². The highest BCUT2D eigenvalue weighted by atomic mass is 32.2. The monoisotopic (exact) mass is 1080 g/mol. The van der Waals surface area contributed by atoms with Gasteiger partial charge in [0.1, 0.15) is 35.1 Å². The van der Waals surface area contributed by atoms with E-state index in [4.69, 9.17) is 21.8 Å². The van der Waals surface area contributed by atoms with E-state index < -0.39 is 171 Å². The molecule has 9 atom stereocenters. The van der Waals surface area contributed by atoms with Gasteiger partial charge >= 0.3 is 11.9 Å². The molecule has 33 heteroatoms. The Kier molecular flexibility index (Phi) is 25.5. The van der Waals surface area contributed by atoms with Crippen molar-refractivity contribution in [1.29, 1.82) is 0 Å². The molecule has 32 nitrogen and oxygen atoms in total. The highest BCUT2D eigenvalue weighted by Crippen LogP contribution is 2.35. The van der Waals surface area contributed by atoms with Crippen molar-refractivity contribution in [2.24, 2.45) is 17.2 Å². The fourth-order valence-corrected chi connectivity index (χ4v) is 7.51. The highest BCUT2D eigenvalue weighted by molar-refractivity contribution is 7.86. The second kappa shape index (κ2) is 30.0. The van der Waals surface area contributed by atoms with Crippen LogP contribution in [-0.4, -0.2) is 195 Å². The fourth-order valence-electron chi connectivity index (χ4n) is 6.93. The summed E-state index contributed by atoms with van der Waals surface area (Å²) in [5.41, 5.74) is 16.3. The van der Waals surface area contributed by atoms with Crippen LogP contribution in [0, 0.1) is 0 Å². The number of nitrogens with two attached hydrogens (primary N) is 3. The van der Waals surface area contributed by atoms with Crippen LogP contribution in [0.15, 0.2) is 17.0 Å². The molecule has 4 unspecified atom stereocenters. The van der Waals surface area contributed by atoms with E-state index in [2.05, 4.69) is 31.9 Å². The van der Waals surface area contributed by atoms with Gasteiger partial charge in [-0.2, -0.15) is 8.42 Å². The number of phenols is 2. The Hall–Kier alpha value is -7.30. The molecule has 0 aromatic heterocycles. The highest BCUT2D eigenvalue weighted by Gasteiger charge is 2.40. The quantitative estimate of drug-likeness (QED) is 0.0246. The molecular weight excluding hydrogens is 1010 g/mol. The van der Waals surface area contributed by atoms with Crippen LogP contribution >= 0.6 is 0 Å². The molecule has 0 aliphatic carbocycles. The number of nitrogens with one attached hydrogen (secondary N) is 8. The van der Waals surface area contributed by atoms with Gasteiger partial charge < -0.3 is 95.5 Å². The number of hydrogen-bond donors (Lipinski definition) is 19. The molecule has 1 heterocycles. The molecule has 0 radical (unpaired) electrons. The van der Waals surface area contributed by atoms with Crippen molar-refractivity contribution >= 4 is 75.2 Å². The number of carbonyl (C=O) groups excluding carboxylic acids is 9. The predicted octanol–water partition coefficient (Wildman–Crippen LogP) is -7.94. The minimum atomic E-state index is -4.92. The number of hydrogen-bond acceptors (Lipinski definition) is 20. The number of aliphatic hydroxyl groups is 3. The summed E-state index contributed by atoms with van der Waals surface area (Å²) in [4.78, 5) is 140. The molecule has 9 amide bonds. The Balaban J connectivity index is 2.23. The molecule has 74 heavy (non-hydrogen) atoms. The number of aliphatic carboxylic acids is 2. The molecule has 414 valence electrons. The summed E-state index contributed by atoms with van der Waals surface area (Å²) < 4.78 is 31.8. The van der Waals surface area contributed by atoms with Gasteiger partial charge in [0, 0.05) is 19.1 Å². The zero-order chi connectivity index (χ0) is 56.0. The summed E-state index contributed by atoms with van der Waals surface area (Å²) in [7, 11) is -4.92. The van der Waals surface area contributed by atoms with Crippen molar-refractivity contribution in [2.45, 2.75) is 130 Å². The largest absolute Gasteiger partial charge is 0.504 e. The van der Waals surface area contributed by atoms with Crippen LogP contribution in [-0.2, 0) is 58.1 Å². The molecule has 1 aliphatic heterocycles. The minimum absolute atomic E-state index is 0.0148. The molecular formula is C41H63N11O21S. The van der Waals surface area contributed by atoms with Gasteiger partial charge in [0.05, 0.1) is 31.1 Å². The average Bonchev–Trinajstić information content (AvgIpc) is 3.31. The first kappa shape index (κ1) is 62.8. The first-order valence-corrected chi connectivity index (χ1v) is 24.1. The summed E-state index contributed by atoms with van der Waals surface area (Å²) in [6, 6.07) is -9.61. The number of amides is 9. The standard InChI is InChI=1S/C41H63N11O21S/c42-12-4-1-8-21-36(63)51-28(32(59)40(67)68)38(65)47-17-27(56)45-13-6-3-9-20(35(62)49-21)50-39(66)29(33(60)41(69)70)52-37(64)22(15-25(44)54)48-26(55)16-23(53)19(43)7-2-5-14-46-34(61)18-10-11-24(74(71,72)73)31(58)30(18)57/h10-11,19-23,28-29,32-33,53,57-60H,1-9,12-17,42-43H2,(H2,44,54)(H,45,56)(H,46,61)(H,47,65)(H,48,55)(H,49,62)(H,50,66)(H,51,63)(H,52,64)(H,67,68)(H,69,70)(H,71,72,73)/t19?,20-,21-,22-,23?,28-,29-,32?,33?/m0/s1. The lowest BCUT2D eigenvalue weighted by molar-refractivity contribution is -0.153. The number of carboxylic acid groups (broad SMARTS) is 2. The van der Waals surface area contributed by atoms with E-state index in [1.807, 2.05) is 10.6 Å². The number of primary amides is 1. The van der Waals surface area contributed by atoms with E-state index in [1.165, 1.54) is 0 Å². The van der Waals surface area contributed by atoms with Crippen molar-refractivity contribution in [1.82, 2.24) is 42.5 Å². The lowest BCUT2D eigenvalue weighted by atomic mass is 10.0. The molecule has 1 saturated heterocycles. The molecule has 1 fully saturated rings. The second-order valence-electron chi connectivity index (χ2n) is 16.8. The Morgan fingerprint density at radius 1 is 0.797 bits per heavy atom. The van der Waals surface area contributed by atoms with Crippen LogP contribution < -0.4 is 59.7 Å². The Labute approximate surface area is 421 Å². The molecule has 1 aromatic carbocycles. The molecule has 22 N–H and O–H groups in total. The third-order valence-corrected chi connectivity index (χ3v) is 11.9. The number of benzene rings is 1. The Morgan fingerprint density at radius 2 is 1.47 bits per heavy atom. The van der Waals surface area contributed by atoms with E-state index >= 15 is 0 Å². The molecule has 1 aliphatic rings. The third-order valence-electron chi connectivity index (χ3n) is 11.0. The van der Waals surface area contributed by atoms with Crippen LogP contribution in [0.3, 0.4) is 0 Å². The number of unbranched alkanes of at least 4 members (excludes halogenated alkanes) is 2. The number of rotatable bonds is 25. The zero-order valence-electron chi connectivity index (χ0n) is 39.5. The second-order valence-corrected chi connectivity index (χ2v) is 18.2. The first-order valence-electron chi connectivity index (χ1n) is 22.7. The summed E-state index contributed by atoms with van der Waals surface area (Å²) in [6.07, 6.45) is -8.33. The van der Waals surface area contributed by atoms with E-state index in [1.54, 1.807) is 0 Å². The zero-order valence-corrected chi connectivity index (χ0v) is 40.3. The number of phenolic OH excluding ortho intramolecular Hbond substituents is 2. The lowest BCUT2D eigenvalue weighted by Crippen LogP contribution is -2.63. The van der Waals surface area contributed by atoms with Crippen molar-refractivity contribution in [3.05, 3.63) is 17.7 Å². The minimum Gasteiger partial charge on any atom is -0.504 e. The molecule has 0 bridgehead atoms. The lowest BCUT2D eigenvalue weighted by Gasteiger charge is -2.28. The van der Waals surface area contributed by atoms with Crippen LogP contribution in [0.1, 0.15) is 81.0 Å². The van der Waals surface area contributed by atoms with Crippen molar-refractivity contribution in [3.8, 4) is 11.5 Å². The average molecular weight is 1080 g/mol. The summed E-state index contributed by atoms with van der Waals surface area (Å²) in [5.74, 6) is -17.1. The van der Waals surface area contributed by atoms with Gasteiger partial charge in [0.25, 0.3) is 16.0 Å². The molecule has 2 rings (SSSR count). The molecule has 0 spiro atoms. The maximum atomic E-state index is 13.9. The number of aliphatic hydroxyl groups excluding tert-OH is 3. The Morgan fingerprint density at radius 3 is 2.08 bits per heavy atom. The van der Waals surface area contributed by atoms with E-state index in [0.29, 0.717) is 6.07 Å². The van der Waals surface area contributed by atoms with Gasteiger partial charge in [-0.15, -0.1) is 0 Å². The van der Waals surface area contributed by atoms with Crippen LogP contribution in [0.25, 0.3) is 0 Å². The van der Waals surface area contributed by atoms with Crippen LogP contribution in [0.2, 0.25) is 0 Å². The number of carboxylic acids is 2. The first-order chi connectivity index (χ1) is 34.6. The maximum Gasteiger partial charge on any atom is 0.335 e. The number of carbonyl (C=O) groups is 11. The molecule has 0 saturated carbocycles. The van der Waals surface area contributed by atoms with Gasteiger partial charge in [-0.05, 0) is 70.0 Å². The SMILES string of the molecule is NCCCC[C@@H]1NC(=O)[C@@H](NC(=O)[C@@H](NC(=O)[C@H](CC(N)=O)NC(=O)CC(O)C(N)CCCCNC(=O)c2ccc(S(=O)(=O)O)c(O)c2O)C(O)C(=O)O)CCCCNC(=O)CNC(=O)[C@H](C(O)C(=O)O)NC1=O. The van der Waals surface area contributed by atoms with E-state index in [9.17, 15) is 96.9 Å². The van der Waals surface area contributed by atoms with Crippen LogP contribution in [0.5, 0.6) is 11.5 Å². The summed E-state index contributed by atoms with van der Waals surface area (Å²) >= 11 is 0. The topological polar surface area (TPSA) is 558 Å². The Bertz CT molecular complexity index is 2340. The van der Waals surface area contributed by atoms with Crippen molar-refractivity contribution in [3.63, 3.8) is 0 Å². The van der Waals surface area contributed by atoms with Crippen molar-refractivity contribution in [2.75, 3.05) is 26.2 Å². The van der Waals surface area contributed by atoms with Gasteiger partial charge in [-0.1, -0.05) is 6.42 Å². The predicted molar refractivity (Wildman–Crippen MR) is 248 cm³/mol. The normalized spacial score (nSPS) is 19.5. The molecule has 1 aromatic rings. The van der Waals surface area contributed by atoms with Gasteiger partial charge in [0.15, 0.2) is 23.7 Å². The fraction of sp³-hybridized carbons (Fsp3) is 0.585. The summed E-state index contributed by atoms with van der Waals surface area (Å²) in [5, 5.41) is 88.0. The smallest absolute Gasteiger partial charge is 0.335 e. The third kappa shape index (κ3) is 20.3. The maximum absolute atomic E-state index is 13.9. The van der Waals surface area contributed by atoms with E-state index in [-0.39, 0.29) is 77.4 Å². The van der Waals surface area contributed by atoms with Gasteiger partial charge in [-0.3, -0.25) is 47.7 Å². The number of aromatic hydroxyl groups is 2. The van der Waals surface area contributed by atoms with Gasteiger partial charge in [0.2, 0.25) is 47.3 Å². The van der Waals surface area contributed by atoms with E-state index in [0.717, 1.165) is 6.07 Å². The summed E-state index contributed by atoms with van der Waals surface area (Å²) in [6.45, 7) is -0.753.